The van der Waals surface area contributed by atoms with Crippen LogP contribution in [-0.4, -0.2) is 6.61 Å². The maximum Gasteiger partial charge on any atom is 0.121 e. The average Bonchev–Trinajstić information content (AvgIpc) is 1.99. The summed E-state index contributed by atoms with van der Waals surface area (Å²) in [5.74, 6) is 0.901. The Labute approximate surface area is 89.4 Å². The summed E-state index contributed by atoms with van der Waals surface area (Å²) < 4.78 is 7.52. The van der Waals surface area contributed by atoms with Gasteiger partial charge in [0.05, 0.1) is 6.61 Å². The van der Waals surface area contributed by atoms with Crippen molar-refractivity contribution in [3.8, 4) is 5.75 Å². The highest BCUT2D eigenvalue weighted by molar-refractivity contribution is 9.11. The molecule has 0 spiro atoms. The first kappa shape index (κ1) is 10.1. The van der Waals surface area contributed by atoms with E-state index in [-0.39, 0.29) is 0 Å². The van der Waals surface area contributed by atoms with Crippen LogP contribution in [0.1, 0.15) is 13.3 Å². The van der Waals surface area contributed by atoms with Gasteiger partial charge < -0.3 is 4.74 Å². The molecule has 0 aromatic heterocycles. The molecule has 1 rings (SSSR count). The summed E-state index contributed by atoms with van der Waals surface area (Å²) in [5.41, 5.74) is 0. The number of hydrogen-bond acceptors (Lipinski definition) is 1. The molecule has 0 N–H and O–H groups in total. The van der Waals surface area contributed by atoms with Crippen LogP contribution in [0.4, 0.5) is 0 Å². The fraction of sp³-hybridized carbons (Fsp3) is 0.333. The minimum absolute atomic E-state index is 0.767. The van der Waals surface area contributed by atoms with E-state index in [4.69, 9.17) is 4.74 Å². The summed E-state index contributed by atoms with van der Waals surface area (Å²) in [6, 6.07) is 5.90. The van der Waals surface area contributed by atoms with E-state index >= 15 is 0 Å². The number of ether oxygens (including phenoxy) is 1. The number of hydrogen-bond donors (Lipinski definition) is 0. The fourth-order valence-electron chi connectivity index (χ4n) is 0.832. The Balaban J connectivity index is 2.72. The second kappa shape index (κ2) is 4.87. The standard InChI is InChI=1S/C9H10Br2O/c1-2-3-12-9-5-7(10)4-8(11)6-9/h4-6H,2-3H2,1H3. The van der Waals surface area contributed by atoms with Crippen molar-refractivity contribution in [2.45, 2.75) is 13.3 Å². The minimum atomic E-state index is 0.767. The molecule has 3 heteroatoms. The quantitative estimate of drug-likeness (QED) is 0.818. The lowest BCUT2D eigenvalue weighted by atomic mass is 10.3. The molecule has 1 aromatic rings. The van der Waals surface area contributed by atoms with E-state index in [1.54, 1.807) is 0 Å². The molecule has 0 saturated heterocycles. The van der Waals surface area contributed by atoms with E-state index in [1.807, 2.05) is 18.2 Å². The van der Waals surface area contributed by atoms with Crippen LogP contribution in [0.5, 0.6) is 5.75 Å². The Morgan fingerprint density at radius 2 is 1.75 bits per heavy atom. The fourth-order valence-corrected chi connectivity index (χ4v) is 2.08. The van der Waals surface area contributed by atoms with E-state index in [2.05, 4.69) is 38.8 Å². The molecule has 0 aliphatic heterocycles. The summed E-state index contributed by atoms with van der Waals surface area (Å²) in [6.07, 6.45) is 1.03. The lowest BCUT2D eigenvalue weighted by molar-refractivity contribution is 0.317. The van der Waals surface area contributed by atoms with Crippen LogP contribution in [0.2, 0.25) is 0 Å². The Hall–Kier alpha value is -0.0200. The van der Waals surface area contributed by atoms with Gasteiger partial charge in [0.1, 0.15) is 5.75 Å². The predicted molar refractivity (Wildman–Crippen MR) is 57.6 cm³/mol. The number of halogens is 2. The summed E-state index contributed by atoms with van der Waals surface area (Å²) >= 11 is 6.79. The van der Waals surface area contributed by atoms with Crippen LogP contribution < -0.4 is 4.74 Å². The molecule has 0 heterocycles. The smallest absolute Gasteiger partial charge is 0.121 e. The average molecular weight is 294 g/mol. The Kier molecular flexibility index (Phi) is 4.09. The molecule has 12 heavy (non-hydrogen) atoms. The molecule has 0 unspecified atom stereocenters. The van der Waals surface area contributed by atoms with Crippen molar-refractivity contribution < 1.29 is 4.74 Å². The Bertz CT molecular complexity index is 240. The summed E-state index contributed by atoms with van der Waals surface area (Å²) in [6.45, 7) is 2.86. The molecular formula is C9H10Br2O. The van der Waals surface area contributed by atoms with Crippen molar-refractivity contribution in [1.82, 2.24) is 0 Å². The number of benzene rings is 1. The molecule has 0 fully saturated rings. The van der Waals surface area contributed by atoms with Crippen molar-refractivity contribution >= 4 is 31.9 Å². The molecule has 1 nitrogen and oxygen atoms in total. The van der Waals surface area contributed by atoms with E-state index in [1.165, 1.54) is 0 Å². The van der Waals surface area contributed by atoms with Gasteiger partial charge in [-0.25, -0.2) is 0 Å². The topological polar surface area (TPSA) is 9.23 Å². The highest BCUT2D eigenvalue weighted by Crippen LogP contribution is 2.24. The lowest BCUT2D eigenvalue weighted by Gasteiger charge is -2.04. The first-order chi connectivity index (χ1) is 5.72. The van der Waals surface area contributed by atoms with Crippen molar-refractivity contribution in [3.63, 3.8) is 0 Å². The van der Waals surface area contributed by atoms with Crippen LogP contribution in [0, 0.1) is 0 Å². The van der Waals surface area contributed by atoms with E-state index in [9.17, 15) is 0 Å². The molecule has 66 valence electrons. The third-order valence-corrected chi connectivity index (χ3v) is 2.22. The second-order valence-corrected chi connectivity index (χ2v) is 4.28. The third-order valence-electron chi connectivity index (χ3n) is 1.31. The van der Waals surface area contributed by atoms with Gasteiger partial charge in [0, 0.05) is 8.95 Å². The van der Waals surface area contributed by atoms with E-state index in [0.717, 1.165) is 27.7 Å². The van der Waals surface area contributed by atoms with Gasteiger partial charge in [-0.1, -0.05) is 38.8 Å². The van der Waals surface area contributed by atoms with Crippen molar-refractivity contribution in [2.75, 3.05) is 6.61 Å². The predicted octanol–water partition coefficient (Wildman–Crippen LogP) is 4.00. The first-order valence-corrected chi connectivity index (χ1v) is 5.40. The zero-order valence-electron chi connectivity index (χ0n) is 6.81. The monoisotopic (exact) mass is 292 g/mol. The molecule has 0 saturated carbocycles. The van der Waals surface area contributed by atoms with Gasteiger partial charge >= 0.3 is 0 Å². The molecule has 0 atom stereocenters. The summed E-state index contributed by atoms with van der Waals surface area (Å²) in [7, 11) is 0. The van der Waals surface area contributed by atoms with Crippen molar-refractivity contribution in [1.29, 1.82) is 0 Å². The van der Waals surface area contributed by atoms with Crippen LogP contribution in [0.3, 0.4) is 0 Å². The van der Waals surface area contributed by atoms with Crippen LogP contribution in [0.15, 0.2) is 27.1 Å². The Morgan fingerprint density at radius 3 is 2.25 bits per heavy atom. The number of rotatable bonds is 3. The minimum Gasteiger partial charge on any atom is -0.494 e. The highest BCUT2D eigenvalue weighted by atomic mass is 79.9. The zero-order chi connectivity index (χ0) is 8.97. The van der Waals surface area contributed by atoms with Crippen LogP contribution in [0.25, 0.3) is 0 Å². The van der Waals surface area contributed by atoms with Gasteiger partial charge in [-0.2, -0.15) is 0 Å². The molecular weight excluding hydrogens is 284 g/mol. The maximum absolute atomic E-state index is 5.46. The SMILES string of the molecule is CCCOc1cc(Br)cc(Br)c1. The molecule has 0 bridgehead atoms. The van der Waals surface area contributed by atoms with Gasteiger partial charge in [0.2, 0.25) is 0 Å². The van der Waals surface area contributed by atoms with Crippen molar-refractivity contribution in [3.05, 3.63) is 27.1 Å². The van der Waals surface area contributed by atoms with E-state index < -0.39 is 0 Å². The van der Waals surface area contributed by atoms with Gasteiger partial charge in [-0.15, -0.1) is 0 Å². The Morgan fingerprint density at radius 1 is 1.17 bits per heavy atom. The summed E-state index contributed by atoms with van der Waals surface area (Å²) in [4.78, 5) is 0. The molecule has 0 radical (unpaired) electrons. The maximum atomic E-state index is 5.46. The first-order valence-electron chi connectivity index (χ1n) is 3.81. The molecule has 0 amide bonds. The third kappa shape index (κ3) is 3.15. The zero-order valence-corrected chi connectivity index (χ0v) is 9.98. The second-order valence-electron chi connectivity index (χ2n) is 2.45. The summed E-state index contributed by atoms with van der Waals surface area (Å²) in [5, 5.41) is 0. The van der Waals surface area contributed by atoms with Gasteiger partial charge in [0.15, 0.2) is 0 Å². The molecule has 0 aliphatic carbocycles. The highest BCUT2D eigenvalue weighted by Gasteiger charge is 1.96. The van der Waals surface area contributed by atoms with E-state index in [0.29, 0.717) is 0 Å². The normalized spacial score (nSPS) is 9.92. The lowest BCUT2D eigenvalue weighted by Crippen LogP contribution is -1.94. The van der Waals surface area contributed by atoms with Gasteiger partial charge in [0.25, 0.3) is 0 Å². The van der Waals surface area contributed by atoms with Crippen molar-refractivity contribution in [2.24, 2.45) is 0 Å². The molecule has 1 aromatic carbocycles. The van der Waals surface area contributed by atoms with Gasteiger partial charge in [-0.3, -0.25) is 0 Å². The van der Waals surface area contributed by atoms with Crippen LogP contribution >= 0.6 is 31.9 Å². The largest absolute Gasteiger partial charge is 0.494 e. The van der Waals surface area contributed by atoms with Gasteiger partial charge in [-0.05, 0) is 24.6 Å². The molecule has 0 aliphatic rings. The van der Waals surface area contributed by atoms with Crippen LogP contribution in [-0.2, 0) is 0 Å².